The van der Waals surface area contributed by atoms with Crippen LogP contribution in [0.5, 0.6) is 0 Å². The van der Waals surface area contributed by atoms with Gasteiger partial charge in [-0.25, -0.2) is 4.98 Å². The molecular weight excluding hydrogens is 290 g/mol. The van der Waals surface area contributed by atoms with Gasteiger partial charge in [0.05, 0.1) is 6.20 Å². The summed E-state index contributed by atoms with van der Waals surface area (Å²) in [5.74, 6) is 0.829. The van der Waals surface area contributed by atoms with Crippen LogP contribution in [0.25, 0.3) is 0 Å². The molecule has 0 saturated carbocycles. The van der Waals surface area contributed by atoms with Crippen LogP contribution < -0.4 is 10.6 Å². The third-order valence-electron chi connectivity index (χ3n) is 4.17. The summed E-state index contributed by atoms with van der Waals surface area (Å²) in [6.07, 6.45) is 5.08. The van der Waals surface area contributed by atoms with Gasteiger partial charge in [-0.15, -0.1) is 0 Å². The maximum absolute atomic E-state index is 12.6. The van der Waals surface area contributed by atoms with E-state index in [-0.39, 0.29) is 5.91 Å². The van der Waals surface area contributed by atoms with Crippen molar-refractivity contribution in [1.82, 2.24) is 14.9 Å². The first-order valence-electron chi connectivity index (χ1n) is 7.77. The fourth-order valence-electron chi connectivity index (χ4n) is 2.72. The summed E-state index contributed by atoms with van der Waals surface area (Å²) in [5, 5.41) is 0. The first-order valence-corrected chi connectivity index (χ1v) is 7.77. The van der Waals surface area contributed by atoms with Crippen LogP contribution in [0.4, 0.5) is 5.82 Å². The minimum absolute atomic E-state index is 0.0207. The number of carbonyl (C=O) groups is 1. The smallest absolute Gasteiger partial charge is 0.244 e. The van der Waals surface area contributed by atoms with E-state index in [1.165, 1.54) is 0 Å². The summed E-state index contributed by atoms with van der Waals surface area (Å²) in [7, 11) is 0. The number of amides is 1. The van der Waals surface area contributed by atoms with Crippen molar-refractivity contribution in [3.63, 3.8) is 0 Å². The molecule has 1 unspecified atom stereocenters. The summed E-state index contributed by atoms with van der Waals surface area (Å²) in [6.45, 7) is 4.79. The second kappa shape index (κ2) is 6.75. The van der Waals surface area contributed by atoms with E-state index in [0.29, 0.717) is 13.1 Å². The van der Waals surface area contributed by atoms with Crippen molar-refractivity contribution in [3.8, 4) is 0 Å². The van der Waals surface area contributed by atoms with Crippen molar-refractivity contribution in [2.75, 3.05) is 31.1 Å². The highest BCUT2D eigenvalue weighted by molar-refractivity contribution is 5.83. The van der Waals surface area contributed by atoms with E-state index in [0.717, 1.165) is 30.0 Å². The lowest BCUT2D eigenvalue weighted by Gasteiger charge is -2.36. The van der Waals surface area contributed by atoms with E-state index in [2.05, 4.69) is 14.9 Å². The van der Waals surface area contributed by atoms with Gasteiger partial charge in [0, 0.05) is 38.6 Å². The second-order valence-corrected chi connectivity index (χ2v) is 5.76. The Bertz CT molecular complexity index is 650. The van der Waals surface area contributed by atoms with Crippen LogP contribution in [0, 0.1) is 6.92 Å². The molecule has 1 amide bonds. The number of piperazine rings is 1. The normalized spacial score (nSPS) is 16.3. The number of rotatable bonds is 3. The summed E-state index contributed by atoms with van der Waals surface area (Å²) in [6, 6.07) is 7.21. The van der Waals surface area contributed by atoms with Gasteiger partial charge in [-0.1, -0.05) is 29.8 Å². The maximum atomic E-state index is 12.6. The molecule has 0 spiro atoms. The molecule has 2 N–H and O–H groups in total. The summed E-state index contributed by atoms with van der Waals surface area (Å²) < 4.78 is 0. The predicted octanol–water partition coefficient (Wildman–Crippen LogP) is 1.13. The van der Waals surface area contributed by atoms with E-state index >= 15 is 0 Å². The average Bonchev–Trinajstić information content (AvgIpc) is 2.62. The Labute approximate surface area is 135 Å². The standard InChI is InChI=1S/C17H21N5O/c1-13-2-4-14(5-3-13)16(18)17(23)22-10-8-21(9-11-22)15-12-19-6-7-20-15/h2-7,12,16H,8-11,18H2,1H3. The molecule has 120 valence electrons. The number of hydrogen-bond donors (Lipinski definition) is 1. The van der Waals surface area contributed by atoms with Crippen molar-refractivity contribution < 1.29 is 4.79 Å². The van der Waals surface area contributed by atoms with Gasteiger partial charge in [0.25, 0.3) is 0 Å². The lowest BCUT2D eigenvalue weighted by atomic mass is 10.0. The molecule has 1 saturated heterocycles. The number of carbonyl (C=O) groups excluding carboxylic acids is 1. The van der Waals surface area contributed by atoms with Crippen LogP contribution in [0.1, 0.15) is 17.2 Å². The molecule has 1 aliphatic rings. The van der Waals surface area contributed by atoms with Gasteiger partial charge in [0.1, 0.15) is 11.9 Å². The lowest BCUT2D eigenvalue weighted by Crippen LogP contribution is -2.51. The molecule has 3 rings (SSSR count). The first-order chi connectivity index (χ1) is 11.1. The maximum Gasteiger partial charge on any atom is 0.244 e. The summed E-state index contributed by atoms with van der Waals surface area (Å²) in [4.78, 5) is 24.9. The van der Waals surface area contributed by atoms with E-state index in [1.54, 1.807) is 18.6 Å². The molecule has 23 heavy (non-hydrogen) atoms. The molecule has 0 aliphatic carbocycles. The van der Waals surface area contributed by atoms with E-state index in [9.17, 15) is 4.79 Å². The topological polar surface area (TPSA) is 75.4 Å². The minimum Gasteiger partial charge on any atom is -0.352 e. The van der Waals surface area contributed by atoms with Crippen LogP contribution in [0.15, 0.2) is 42.9 Å². The van der Waals surface area contributed by atoms with Gasteiger partial charge in [-0.05, 0) is 12.5 Å². The van der Waals surface area contributed by atoms with Crippen LogP contribution in [-0.4, -0.2) is 47.0 Å². The number of aryl methyl sites for hydroxylation is 1. The summed E-state index contributed by atoms with van der Waals surface area (Å²) in [5.41, 5.74) is 8.15. The molecule has 2 heterocycles. The van der Waals surface area contributed by atoms with Gasteiger partial charge in [-0.2, -0.15) is 0 Å². The van der Waals surface area contributed by atoms with Crippen LogP contribution in [0.3, 0.4) is 0 Å². The minimum atomic E-state index is -0.598. The third-order valence-corrected chi connectivity index (χ3v) is 4.17. The van der Waals surface area contributed by atoms with Crippen LogP contribution >= 0.6 is 0 Å². The number of benzene rings is 1. The molecule has 1 aliphatic heterocycles. The number of hydrogen-bond acceptors (Lipinski definition) is 5. The molecule has 0 bridgehead atoms. The molecule has 6 nitrogen and oxygen atoms in total. The second-order valence-electron chi connectivity index (χ2n) is 5.76. The Kier molecular flexibility index (Phi) is 4.52. The van der Waals surface area contributed by atoms with Crippen LogP contribution in [0.2, 0.25) is 0 Å². The van der Waals surface area contributed by atoms with Crippen molar-refractivity contribution >= 4 is 11.7 Å². The van der Waals surface area contributed by atoms with Crippen molar-refractivity contribution in [1.29, 1.82) is 0 Å². The number of nitrogens with zero attached hydrogens (tertiary/aromatic N) is 4. The number of aromatic nitrogens is 2. The SMILES string of the molecule is Cc1ccc(C(N)C(=O)N2CCN(c3cnccn3)CC2)cc1. The molecule has 1 fully saturated rings. The number of anilines is 1. The Balaban J connectivity index is 1.60. The predicted molar refractivity (Wildman–Crippen MR) is 88.9 cm³/mol. The Morgan fingerprint density at radius 3 is 2.43 bits per heavy atom. The van der Waals surface area contributed by atoms with Gasteiger partial charge < -0.3 is 15.5 Å². The van der Waals surface area contributed by atoms with Crippen molar-refractivity contribution in [2.24, 2.45) is 5.73 Å². The van der Waals surface area contributed by atoms with Gasteiger partial charge in [0.2, 0.25) is 5.91 Å². The van der Waals surface area contributed by atoms with Gasteiger partial charge in [0.15, 0.2) is 0 Å². The fraction of sp³-hybridized carbons (Fsp3) is 0.353. The first kappa shape index (κ1) is 15.4. The zero-order valence-corrected chi connectivity index (χ0v) is 13.2. The summed E-state index contributed by atoms with van der Waals surface area (Å²) >= 11 is 0. The molecule has 0 radical (unpaired) electrons. The van der Waals surface area contributed by atoms with Crippen LogP contribution in [-0.2, 0) is 4.79 Å². The Morgan fingerprint density at radius 1 is 1.13 bits per heavy atom. The highest BCUT2D eigenvalue weighted by Gasteiger charge is 2.26. The molecule has 1 atom stereocenters. The zero-order valence-electron chi connectivity index (χ0n) is 13.2. The molecule has 1 aromatic carbocycles. The van der Waals surface area contributed by atoms with E-state index < -0.39 is 6.04 Å². The highest BCUT2D eigenvalue weighted by atomic mass is 16.2. The van der Waals surface area contributed by atoms with Crippen molar-refractivity contribution in [2.45, 2.75) is 13.0 Å². The van der Waals surface area contributed by atoms with E-state index in [1.807, 2.05) is 36.1 Å². The largest absolute Gasteiger partial charge is 0.352 e. The highest BCUT2D eigenvalue weighted by Crippen LogP contribution is 2.17. The molecule has 1 aromatic heterocycles. The Hall–Kier alpha value is -2.47. The average molecular weight is 311 g/mol. The fourth-order valence-corrected chi connectivity index (χ4v) is 2.72. The molecule has 6 heteroatoms. The quantitative estimate of drug-likeness (QED) is 0.920. The van der Waals surface area contributed by atoms with E-state index in [4.69, 9.17) is 5.73 Å². The lowest BCUT2D eigenvalue weighted by molar-refractivity contribution is -0.133. The molecule has 2 aromatic rings. The monoisotopic (exact) mass is 311 g/mol. The van der Waals surface area contributed by atoms with Gasteiger partial charge >= 0.3 is 0 Å². The van der Waals surface area contributed by atoms with Gasteiger partial charge in [-0.3, -0.25) is 9.78 Å². The zero-order chi connectivity index (χ0) is 16.2. The Morgan fingerprint density at radius 2 is 1.83 bits per heavy atom. The third kappa shape index (κ3) is 3.48. The number of nitrogens with two attached hydrogens (primary N) is 1. The van der Waals surface area contributed by atoms with Crippen molar-refractivity contribution in [3.05, 3.63) is 54.0 Å². The molecular formula is C17H21N5O.